The third-order valence-electron chi connectivity index (χ3n) is 10.2. The second-order valence-corrected chi connectivity index (χ2v) is 14.2. The van der Waals surface area contributed by atoms with Crippen LogP contribution in [0.15, 0.2) is 91.7 Å². The predicted molar refractivity (Wildman–Crippen MR) is 190 cm³/mol. The highest BCUT2D eigenvalue weighted by atomic mass is 32.1. The highest BCUT2D eigenvalue weighted by Crippen LogP contribution is 2.47. The summed E-state index contributed by atoms with van der Waals surface area (Å²) in [6, 6.07) is 21.7. The molecule has 1 N–H and O–H groups in total. The number of allylic oxidation sites excluding steroid dienone is 1. The van der Waals surface area contributed by atoms with Crippen molar-refractivity contribution in [1.82, 2.24) is 24.0 Å². The highest BCUT2D eigenvalue weighted by molar-refractivity contribution is 7.21. The van der Waals surface area contributed by atoms with E-state index in [1.807, 2.05) is 16.8 Å². The van der Waals surface area contributed by atoms with Crippen molar-refractivity contribution in [2.45, 2.75) is 70.4 Å². The van der Waals surface area contributed by atoms with Gasteiger partial charge in [0, 0.05) is 47.3 Å². The Labute approximate surface area is 278 Å². The van der Waals surface area contributed by atoms with Crippen LogP contribution in [0.4, 0.5) is 0 Å². The summed E-state index contributed by atoms with van der Waals surface area (Å²) in [6.07, 6.45) is 13.8. The predicted octanol–water partition coefficient (Wildman–Crippen LogP) is 9.51. The normalized spacial score (nSPS) is 17.2. The van der Waals surface area contributed by atoms with E-state index in [9.17, 15) is 9.90 Å². The number of imidazole rings is 1. The van der Waals surface area contributed by atoms with E-state index in [2.05, 4.69) is 82.6 Å². The number of benzene rings is 2. The van der Waals surface area contributed by atoms with E-state index in [4.69, 9.17) is 4.98 Å². The quantitative estimate of drug-likeness (QED) is 0.179. The maximum atomic E-state index is 12.2. The van der Waals surface area contributed by atoms with E-state index in [0.717, 1.165) is 68.7 Å². The van der Waals surface area contributed by atoms with Crippen molar-refractivity contribution < 1.29 is 9.90 Å². The van der Waals surface area contributed by atoms with Crippen molar-refractivity contribution in [2.75, 3.05) is 6.54 Å². The summed E-state index contributed by atoms with van der Waals surface area (Å²) in [4.78, 5) is 24.3. The Kier molecular flexibility index (Phi) is 7.68. The first-order chi connectivity index (χ1) is 22.9. The van der Waals surface area contributed by atoms with Gasteiger partial charge in [-0.25, -0.2) is 14.8 Å². The van der Waals surface area contributed by atoms with Crippen LogP contribution in [0.25, 0.3) is 49.3 Å². The molecule has 1 aliphatic heterocycles. The van der Waals surface area contributed by atoms with E-state index in [1.54, 1.807) is 12.5 Å². The van der Waals surface area contributed by atoms with E-state index < -0.39 is 5.97 Å². The second kappa shape index (κ2) is 12.2. The summed E-state index contributed by atoms with van der Waals surface area (Å²) in [5, 5.41) is 11.1. The lowest BCUT2D eigenvalue weighted by Crippen LogP contribution is -2.28. The van der Waals surface area contributed by atoms with Crippen LogP contribution in [0.3, 0.4) is 0 Å². The first-order valence-electron chi connectivity index (χ1n) is 16.8. The van der Waals surface area contributed by atoms with Crippen molar-refractivity contribution in [2.24, 2.45) is 0 Å². The number of likely N-dealkylation sites (tertiary alicyclic amines) is 1. The molecule has 1 saturated carbocycles. The number of thiophene rings is 1. The molecule has 0 spiro atoms. The molecule has 8 rings (SSSR count). The van der Waals surface area contributed by atoms with Crippen LogP contribution >= 0.6 is 11.3 Å². The molecule has 5 heterocycles. The maximum absolute atomic E-state index is 12.2. The molecule has 0 radical (unpaired) electrons. The smallest absolute Gasteiger partial charge is 0.345 e. The van der Waals surface area contributed by atoms with Gasteiger partial charge in [0.05, 0.1) is 40.0 Å². The zero-order valence-corrected chi connectivity index (χ0v) is 27.5. The van der Waals surface area contributed by atoms with E-state index >= 15 is 0 Å². The third kappa shape index (κ3) is 5.44. The summed E-state index contributed by atoms with van der Waals surface area (Å²) >= 11 is 1.44. The Balaban J connectivity index is 1.23. The number of carbonyl (C=O) groups is 1. The number of aromatic nitrogens is 4. The molecule has 1 aliphatic carbocycles. The molecule has 4 aromatic heterocycles. The van der Waals surface area contributed by atoms with Crippen LogP contribution < -0.4 is 0 Å². The SMILES string of the molecule is C=C(Cn1c(-c2ccc3nc(-c4ccc(-n5ccnc5)cc4)ccc3c2)c(C2CCCCC2)c2sc(C(=O)O)cc21)N1CCCC1C. The van der Waals surface area contributed by atoms with E-state index in [1.165, 1.54) is 54.7 Å². The van der Waals surface area contributed by atoms with Gasteiger partial charge in [-0.3, -0.25) is 0 Å². The molecule has 1 saturated heterocycles. The van der Waals surface area contributed by atoms with Gasteiger partial charge in [-0.05, 0) is 86.1 Å². The number of rotatable bonds is 8. The molecule has 0 bridgehead atoms. The fourth-order valence-electron chi connectivity index (χ4n) is 7.83. The Morgan fingerprint density at radius 3 is 2.51 bits per heavy atom. The number of pyridine rings is 1. The molecular weight excluding hydrogens is 603 g/mol. The van der Waals surface area contributed by atoms with Gasteiger partial charge >= 0.3 is 5.97 Å². The minimum absolute atomic E-state index is 0.404. The number of nitrogens with zero attached hydrogens (tertiary/aromatic N) is 5. The Bertz CT molecular complexity index is 2100. The van der Waals surface area contributed by atoms with Crippen LogP contribution in [0.1, 0.15) is 73.0 Å². The van der Waals surface area contributed by atoms with Gasteiger partial charge in [-0.15, -0.1) is 11.3 Å². The average Bonchev–Trinajstić information content (AvgIpc) is 3.91. The van der Waals surface area contributed by atoms with Crippen LogP contribution in [0, 0.1) is 0 Å². The van der Waals surface area contributed by atoms with Gasteiger partial charge in [-0.2, -0.15) is 0 Å². The number of aromatic carboxylic acids is 1. The maximum Gasteiger partial charge on any atom is 0.345 e. The Morgan fingerprint density at radius 1 is 0.979 bits per heavy atom. The lowest BCUT2D eigenvalue weighted by molar-refractivity contribution is 0.0702. The number of carboxylic acids is 1. The number of hydrogen-bond donors (Lipinski definition) is 1. The lowest BCUT2D eigenvalue weighted by Gasteiger charge is -2.28. The lowest BCUT2D eigenvalue weighted by atomic mass is 9.83. The molecule has 47 heavy (non-hydrogen) atoms. The molecular formula is C39H39N5O2S. The minimum atomic E-state index is -0.857. The van der Waals surface area contributed by atoms with Gasteiger partial charge in [-0.1, -0.05) is 50.1 Å². The van der Waals surface area contributed by atoms with Crippen molar-refractivity contribution in [3.05, 3.63) is 102 Å². The molecule has 6 aromatic rings. The summed E-state index contributed by atoms with van der Waals surface area (Å²) in [5.74, 6) is -0.451. The Hall–Kier alpha value is -4.69. The van der Waals surface area contributed by atoms with Gasteiger partial charge < -0.3 is 19.1 Å². The molecule has 238 valence electrons. The van der Waals surface area contributed by atoms with Gasteiger partial charge in [0.1, 0.15) is 4.88 Å². The van der Waals surface area contributed by atoms with Crippen LogP contribution in [0.5, 0.6) is 0 Å². The molecule has 1 atom stereocenters. The average molecular weight is 642 g/mol. The van der Waals surface area contributed by atoms with Gasteiger partial charge in [0.25, 0.3) is 0 Å². The third-order valence-corrected chi connectivity index (χ3v) is 11.4. The second-order valence-electron chi connectivity index (χ2n) is 13.2. The summed E-state index contributed by atoms with van der Waals surface area (Å²) in [6.45, 7) is 8.52. The standard InChI is InChI=1S/C39H39N5O2S/c1-25-7-6-19-43(25)26(2)23-44-34-22-35(39(45)46)47-38(34)36(28-8-4-3-5-9-28)37(44)30-13-17-33-29(21-30)12-16-32(41-33)27-10-14-31(15-11-27)42-20-18-40-24-42/h10-18,20-22,24-25,28H,2-9,19,23H2,1H3,(H,45,46). The number of hydrogen-bond acceptors (Lipinski definition) is 5. The van der Waals surface area contributed by atoms with Gasteiger partial charge in [0.2, 0.25) is 0 Å². The van der Waals surface area contributed by atoms with Crippen LogP contribution in [-0.4, -0.2) is 47.7 Å². The molecule has 7 nitrogen and oxygen atoms in total. The van der Waals surface area contributed by atoms with Crippen molar-refractivity contribution in [1.29, 1.82) is 0 Å². The zero-order valence-electron chi connectivity index (χ0n) is 26.7. The minimum Gasteiger partial charge on any atom is -0.477 e. The van der Waals surface area contributed by atoms with Crippen LogP contribution in [-0.2, 0) is 6.54 Å². The Morgan fingerprint density at radius 2 is 1.79 bits per heavy atom. The van der Waals surface area contributed by atoms with Crippen LogP contribution in [0.2, 0.25) is 0 Å². The van der Waals surface area contributed by atoms with E-state index in [0.29, 0.717) is 23.4 Å². The summed E-state index contributed by atoms with van der Waals surface area (Å²) in [5.41, 5.74) is 9.81. The molecule has 2 aromatic carbocycles. The summed E-state index contributed by atoms with van der Waals surface area (Å²) in [7, 11) is 0. The topological polar surface area (TPSA) is 76.2 Å². The molecule has 2 fully saturated rings. The highest BCUT2D eigenvalue weighted by Gasteiger charge is 2.30. The molecule has 1 unspecified atom stereocenters. The van der Waals surface area contributed by atoms with Gasteiger partial charge in [0.15, 0.2) is 0 Å². The van der Waals surface area contributed by atoms with Crippen molar-refractivity contribution >= 4 is 38.4 Å². The molecule has 8 heteroatoms. The largest absolute Gasteiger partial charge is 0.477 e. The van der Waals surface area contributed by atoms with E-state index in [-0.39, 0.29) is 0 Å². The number of carboxylic acid groups (broad SMARTS) is 1. The number of fused-ring (bicyclic) bond motifs is 2. The first-order valence-corrected chi connectivity index (χ1v) is 17.6. The zero-order chi connectivity index (χ0) is 32.1. The summed E-state index contributed by atoms with van der Waals surface area (Å²) < 4.78 is 5.49. The van der Waals surface area contributed by atoms with Crippen molar-refractivity contribution in [3.63, 3.8) is 0 Å². The fraction of sp³-hybridized carbons (Fsp3) is 0.308. The first kappa shape index (κ1) is 29.7. The fourth-order valence-corrected chi connectivity index (χ4v) is 8.95. The van der Waals surface area contributed by atoms with Crippen molar-refractivity contribution in [3.8, 4) is 28.2 Å². The molecule has 0 amide bonds. The monoisotopic (exact) mass is 641 g/mol. The molecule has 2 aliphatic rings.